The van der Waals surface area contributed by atoms with Crippen LogP contribution in [0.3, 0.4) is 0 Å². The van der Waals surface area contributed by atoms with Crippen molar-refractivity contribution < 1.29 is 23.6 Å². The number of likely N-dealkylation sites (tertiary alicyclic amines) is 1. The third-order valence-electron chi connectivity index (χ3n) is 6.85. The van der Waals surface area contributed by atoms with Gasteiger partial charge < -0.3 is 16.4 Å². The quantitative estimate of drug-likeness (QED) is 0.174. The number of hydrogen-bond donors (Lipinski definition) is 2. The van der Waals surface area contributed by atoms with Crippen LogP contribution in [0.15, 0.2) is 29.3 Å². The van der Waals surface area contributed by atoms with E-state index >= 15 is 0 Å². The molecule has 1 heterocycles. The molecule has 1 aromatic rings. The summed E-state index contributed by atoms with van der Waals surface area (Å²) in [4.78, 5) is 57.2. The Hall–Kier alpha value is -3.10. The Labute approximate surface area is 212 Å². The lowest BCUT2D eigenvalue weighted by Gasteiger charge is -2.30. The summed E-state index contributed by atoms with van der Waals surface area (Å²) in [5.41, 5.74) is 12.2. The fourth-order valence-corrected chi connectivity index (χ4v) is 4.65. The normalized spacial score (nSPS) is 17.0. The van der Waals surface area contributed by atoms with Gasteiger partial charge >= 0.3 is 0 Å². The highest BCUT2D eigenvalue weighted by atomic mass is 19.1. The van der Waals surface area contributed by atoms with Gasteiger partial charge in [0, 0.05) is 43.3 Å². The third kappa shape index (κ3) is 8.24. The smallest absolute Gasteiger partial charge is 0.227 e. The van der Waals surface area contributed by atoms with Gasteiger partial charge in [-0.3, -0.25) is 24.2 Å². The fourth-order valence-electron chi connectivity index (χ4n) is 4.65. The molecular formula is C27H39FN4O4. The van der Waals surface area contributed by atoms with E-state index < -0.39 is 30.3 Å². The number of aliphatic imine (C=N–C) groups is 1. The molecule has 0 saturated carbocycles. The number of nitrogens with two attached hydrogens (primary N) is 2. The van der Waals surface area contributed by atoms with Crippen molar-refractivity contribution in [1.82, 2.24) is 4.90 Å². The highest BCUT2D eigenvalue weighted by molar-refractivity contribution is 5.99. The third-order valence-corrected chi connectivity index (χ3v) is 6.85. The number of ketones is 3. The maximum Gasteiger partial charge on any atom is 0.227 e. The van der Waals surface area contributed by atoms with Crippen molar-refractivity contribution in [2.75, 3.05) is 19.8 Å². The Kier molecular flexibility index (Phi) is 11.2. The number of rotatable bonds is 14. The second kappa shape index (κ2) is 13.8. The monoisotopic (exact) mass is 502 g/mol. The van der Waals surface area contributed by atoms with Crippen LogP contribution in [-0.4, -0.2) is 59.9 Å². The van der Waals surface area contributed by atoms with Crippen LogP contribution in [0, 0.1) is 24.7 Å². The lowest BCUT2D eigenvalue weighted by molar-refractivity contribution is -0.142. The van der Waals surface area contributed by atoms with E-state index in [9.17, 15) is 23.6 Å². The summed E-state index contributed by atoms with van der Waals surface area (Å²) < 4.78 is 13.2. The zero-order valence-electron chi connectivity index (χ0n) is 21.5. The van der Waals surface area contributed by atoms with E-state index in [0.29, 0.717) is 31.4 Å². The van der Waals surface area contributed by atoms with Gasteiger partial charge in [-0.1, -0.05) is 43.7 Å². The zero-order chi connectivity index (χ0) is 26.8. The minimum Gasteiger partial charge on any atom is -0.370 e. The number of alkyl halides is 1. The molecule has 1 aromatic carbocycles. The van der Waals surface area contributed by atoms with Gasteiger partial charge in [-0.05, 0) is 38.5 Å². The molecule has 0 aromatic heterocycles. The molecule has 3 atom stereocenters. The second-order valence-electron chi connectivity index (χ2n) is 9.95. The highest BCUT2D eigenvalue weighted by Crippen LogP contribution is 2.28. The van der Waals surface area contributed by atoms with E-state index in [0.717, 1.165) is 5.56 Å². The molecule has 0 radical (unpaired) electrons. The number of carbonyl (C=O) groups is 4. The summed E-state index contributed by atoms with van der Waals surface area (Å²) in [5.74, 6) is -2.72. The average molecular weight is 503 g/mol. The molecule has 0 spiro atoms. The first kappa shape index (κ1) is 29.1. The van der Waals surface area contributed by atoms with Gasteiger partial charge in [0.05, 0.1) is 6.04 Å². The zero-order valence-corrected chi connectivity index (χ0v) is 21.5. The minimum absolute atomic E-state index is 0.0602. The van der Waals surface area contributed by atoms with Crippen LogP contribution >= 0.6 is 0 Å². The molecule has 1 aliphatic rings. The number of aryl methyl sites for hydroxylation is 1. The highest BCUT2D eigenvalue weighted by Gasteiger charge is 2.39. The maximum absolute atomic E-state index is 13.5. The Morgan fingerprint density at radius 1 is 1.11 bits per heavy atom. The first-order chi connectivity index (χ1) is 17.0. The molecule has 1 saturated heterocycles. The van der Waals surface area contributed by atoms with E-state index in [1.165, 1.54) is 0 Å². The van der Waals surface area contributed by atoms with Gasteiger partial charge in [0.2, 0.25) is 5.91 Å². The first-order valence-corrected chi connectivity index (χ1v) is 12.6. The average Bonchev–Trinajstić information content (AvgIpc) is 3.33. The van der Waals surface area contributed by atoms with Crippen LogP contribution in [-0.2, 0) is 14.4 Å². The van der Waals surface area contributed by atoms with E-state index in [1.54, 1.807) is 17.0 Å². The minimum atomic E-state index is -1.15. The van der Waals surface area contributed by atoms with Crippen LogP contribution in [0.5, 0.6) is 0 Å². The van der Waals surface area contributed by atoms with Crippen LogP contribution < -0.4 is 11.5 Å². The molecular weight excluding hydrogens is 463 g/mol. The van der Waals surface area contributed by atoms with Crippen molar-refractivity contribution >= 4 is 29.2 Å². The van der Waals surface area contributed by atoms with Crippen molar-refractivity contribution in [3.63, 3.8) is 0 Å². The van der Waals surface area contributed by atoms with Crippen molar-refractivity contribution in [3.8, 4) is 0 Å². The molecule has 8 nitrogen and oxygen atoms in total. The first-order valence-electron chi connectivity index (χ1n) is 12.6. The van der Waals surface area contributed by atoms with Crippen LogP contribution in [0.1, 0.15) is 68.3 Å². The van der Waals surface area contributed by atoms with Crippen molar-refractivity contribution in [2.45, 2.75) is 65.3 Å². The number of nitrogens with zero attached hydrogens (tertiary/aromatic N) is 2. The molecule has 0 unspecified atom stereocenters. The molecule has 4 N–H and O–H groups in total. The number of halogens is 1. The molecule has 1 fully saturated rings. The number of benzene rings is 1. The van der Waals surface area contributed by atoms with Crippen LogP contribution in [0.4, 0.5) is 4.39 Å². The molecule has 2 rings (SSSR count). The van der Waals surface area contributed by atoms with Gasteiger partial charge in [0.15, 0.2) is 23.3 Å². The Bertz CT molecular complexity index is 957. The standard InChI is InChI=1S/C27H39FN4O4/c1-17(2)21(15-23(33)19-10-8-18(3)9-11-19)26(36)32-13-5-7-22(32)24(34)14-20(25(35)16-28)6-4-12-31-27(29)30/h8-11,17,20-22H,4-7,12-16H2,1-3H3,(H4,29,30,31)/t20-,21+,22+/m1/s1. The molecule has 1 amide bonds. The summed E-state index contributed by atoms with van der Waals surface area (Å²) in [6.07, 6.45) is 1.80. The van der Waals surface area contributed by atoms with E-state index in [4.69, 9.17) is 11.5 Å². The van der Waals surface area contributed by atoms with Crippen LogP contribution in [0.25, 0.3) is 0 Å². The number of carbonyl (C=O) groups excluding carboxylic acids is 4. The maximum atomic E-state index is 13.5. The molecule has 1 aliphatic heterocycles. The van der Waals surface area contributed by atoms with E-state index in [-0.39, 0.29) is 55.2 Å². The van der Waals surface area contributed by atoms with Gasteiger partial charge in [-0.25, -0.2) is 4.39 Å². The van der Waals surface area contributed by atoms with Gasteiger partial charge in [0.25, 0.3) is 0 Å². The van der Waals surface area contributed by atoms with Crippen molar-refractivity contribution in [2.24, 2.45) is 34.2 Å². The molecule has 9 heteroatoms. The lowest BCUT2D eigenvalue weighted by atomic mass is 9.86. The largest absolute Gasteiger partial charge is 0.370 e. The molecule has 0 bridgehead atoms. The van der Waals surface area contributed by atoms with Gasteiger partial charge in [-0.15, -0.1) is 0 Å². The van der Waals surface area contributed by atoms with Gasteiger partial charge in [-0.2, -0.15) is 0 Å². The van der Waals surface area contributed by atoms with E-state index in [2.05, 4.69) is 4.99 Å². The molecule has 198 valence electrons. The van der Waals surface area contributed by atoms with Crippen molar-refractivity contribution in [1.29, 1.82) is 0 Å². The Morgan fingerprint density at radius 3 is 2.36 bits per heavy atom. The summed E-state index contributed by atoms with van der Waals surface area (Å²) >= 11 is 0. The molecule has 36 heavy (non-hydrogen) atoms. The Morgan fingerprint density at radius 2 is 1.78 bits per heavy atom. The summed E-state index contributed by atoms with van der Waals surface area (Å²) in [7, 11) is 0. The lowest BCUT2D eigenvalue weighted by Crippen LogP contribution is -2.45. The number of Topliss-reactive ketones (excluding diaryl/α,β-unsaturated/α-hetero) is 3. The number of guanidine groups is 1. The van der Waals surface area contributed by atoms with Gasteiger partial charge in [0.1, 0.15) is 6.67 Å². The predicted octanol–water partition coefficient (Wildman–Crippen LogP) is 3.00. The number of amides is 1. The summed E-state index contributed by atoms with van der Waals surface area (Å²) in [6.45, 7) is 5.28. The number of hydrogen-bond acceptors (Lipinski definition) is 5. The predicted molar refractivity (Wildman–Crippen MR) is 137 cm³/mol. The molecule has 0 aliphatic carbocycles. The SMILES string of the molecule is Cc1ccc(C(=O)C[C@H](C(=O)N2CCC[C@H]2C(=O)C[C@@H](CCCN=C(N)N)C(=O)CF)C(C)C)cc1. The Balaban J connectivity index is 2.09. The topological polar surface area (TPSA) is 136 Å². The van der Waals surface area contributed by atoms with E-state index in [1.807, 2.05) is 32.9 Å². The summed E-state index contributed by atoms with van der Waals surface area (Å²) in [5, 5.41) is 0. The van der Waals surface area contributed by atoms with Crippen LogP contribution in [0.2, 0.25) is 0 Å². The van der Waals surface area contributed by atoms with Crippen molar-refractivity contribution in [3.05, 3.63) is 35.4 Å². The fraction of sp³-hybridized carbons (Fsp3) is 0.593. The summed E-state index contributed by atoms with van der Waals surface area (Å²) in [6, 6.07) is 6.58. The second-order valence-corrected chi connectivity index (χ2v) is 9.95.